The van der Waals surface area contributed by atoms with E-state index in [1.54, 1.807) is 0 Å². The van der Waals surface area contributed by atoms with Gasteiger partial charge in [0, 0.05) is 6.42 Å². The molecule has 3 unspecified atom stereocenters. The van der Waals surface area contributed by atoms with Crippen molar-refractivity contribution in [1.82, 2.24) is 5.32 Å². The molecule has 5 heteroatoms. The van der Waals surface area contributed by atoms with E-state index in [4.69, 9.17) is 0 Å². The lowest BCUT2D eigenvalue weighted by Crippen LogP contribution is -2.50. The zero-order valence-corrected chi connectivity index (χ0v) is 30.5. The maximum absolute atomic E-state index is 12.3. The Morgan fingerprint density at radius 1 is 0.522 bits per heavy atom. The van der Waals surface area contributed by atoms with Crippen molar-refractivity contribution in [1.29, 1.82) is 0 Å². The largest absolute Gasteiger partial charge is 0.394 e. The average molecular weight is 648 g/mol. The van der Waals surface area contributed by atoms with Crippen LogP contribution in [-0.2, 0) is 4.79 Å². The van der Waals surface area contributed by atoms with Crippen LogP contribution in [0.4, 0.5) is 0 Å². The van der Waals surface area contributed by atoms with Gasteiger partial charge in [-0.1, -0.05) is 153 Å². The summed E-state index contributed by atoms with van der Waals surface area (Å²) in [5, 5.41) is 33.3. The first-order valence-corrected chi connectivity index (χ1v) is 19.8. The van der Waals surface area contributed by atoms with E-state index in [0.717, 1.165) is 64.2 Å². The molecule has 0 aromatic rings. The predicted molar refractivity (Wildman–Crippen MR) is 199 cm³/mol. The van der Waals surface area contributed by atoms with Gasteiger partial charge in [0.2, 0.25) is 5.91 Å². The molecule has 0 aliphatic heterocycles. The summed E-state index contributed by atoms with van der Waals surface area (Å²) in [4.78, 5) is 12.3. The van der Waals surface area contributed by atoms with Crippen molar-refractivity contribution in [3.63, 3.8) is 0 Å². The van der Waals surface area contributed by atoms with Crippen LogP contribution in [0.25, 0.3) is 0 Å². The maximum atomic E-state index is 12.3. The monoisotopic (exact) mass is 648 g/mol. The van der Waals surface area contributed by atoms with Crippen molar-refractivity contribution < 1.29 is 20.1 Å². The molecule has 0 saturated carbocycles. The summed E-state index contributed by atoms with van der Waals surface area (Å²) in [6.45, 7) is 4.10. The van der Waals surface area contributed by atoms with Gasteiger partial charge in [0.1, 0.15) is 6.10 Å². The van der Waals surface area contributed by atoms with Gasteiger partial charge in [-0.05, 0) is 70.6 Å². The summed E-state index contributed by atoms with van der Waals surface area (Å²) in [5.74, 6) is -0.175. The predicted octanol–water partition coefficient (Wildman–Crippen LogP) is 10.8. The van der Waals surface area contributed by atoms with Gasteiger partial charge in [0.15, 0.2) is 0 Å². The number of aliphatic hydroxyl groups excluding tert-OH is 3. The van der Waals surface area contributed by atoms with Crippen LogP contribution in [-0.4, -0.2) is 46.1 Å². The molecule has 0 saturated heterocycles. The molecule has 3 atom stereocenters. The summed E-state index contributed by atoms with van der Waals surface area (Å²) in [7, 11) is 0. The normalized spacial score (nSPS) is 14.1. The van der Waals surface area contributed by atoms with Gasteiger partial charge in [0.05, 0.1) is 18.8 Å². The number of carbonyl (C=O) groups is 1. The second kappa shape index (κ2) is 36.4. The van der Waals surface area contributed by atoms with Gasteiger partial charge in [-0.15, -0.1) is 0 Å². The number of unbranched alkanes of at least 4 members (excludes halogenated alkanes) is 21. The Morgan fingerprint density at radius 3 is 1.39 bits per heavy atom. The first-order chi connectivity index (χ1) is 22.6. The van der Waals surface area contributed by atoms with Gasteiger partial charge in [-0.2, -0.15) is 0 Å². The lowest BCUT2D eigenvalue weighted by atomic mass is 10.0. The van der Waals surface area contributed by atoms with Crippen LogP contribution in [0.5, 0.6) is 0 Å². The number of nitrogens with one attached hydrogen (secondary N) is 1. The summed E-state index contributed by atoms with van der Waals surface area (Å²) >= 11 is 0. The van der Waals surface area contributed by atoms with E-state index in [0.29, 0.717) is 12.8 Å². The molecule has 5 nitrogen and oxygen atoms in total. The highest BCUT2D eigenvalue weighted by Crippen LogP contribution is 2.14. The zero-order valence-electron chi connectivity index (χ0n) is 30.5. The lowest BCUT2D eigenvalue weighted by molar-refractivity contribution is -0.124. The number of hydrogen-bond acceptors (Lipinski definition) is 4. The summed E-state index contributed by atoms with van der Waals surface area (Å²) in [5.41, 5.74) is 0. The van der Waals surface area contributed by atoms with Crippen LogP contribution in [0.2, 0.25) is 0 Å². The Morgan fingerprint density at radius 2 is 0.913 bits per heavy atom. The highest BCUT2D eigenvalue weighted by atomic mass is 16.3. The molecule has 270 valence electrons. The summed E-state index contributed by atoms with van der Waals surface area (Å²) in [6.07, 6.45) is 44.0. The molecule has 1 amide bonds. The van der Waals surface area contributed by atoms with Crippen LogP contribution in [0.1, 0.15) is 194 Å². The van der Waals surface area contributed by atoms with E-state index >= 15 is 0 Å². The van der Waals surface area contributed by atoms with E-state index in [2.05, 4.69) is 55.6 Å². The highest BCUT2D eigenvalue weighted by molar-refractivity contribution is 5.76. The zero-order chi connectivity index (χ0) is 33.8. The number of allylic oxidation sites excluding steroid dienone is 6. The summed E-state index contributed by atoms with van der Waals surface area (Å²) < 4.78 is 0. The number of carbonyl (C=O) groups excluding carboxylic acids is 1. The quantitative estimate of drug-likeness (QED) is 0.0407. The van der Waals surface area contributed by atoms with Crippen molar-refractivity contribution in [3.05, 3.63) is 36.5 Å². The molecule has 0 rings (SSSR count). The van der Waals surface area contributed by atoms with Gasteiger partial charge >= 0.3 is 0 Å². The Labute approximate surface area is 285 Å². The fraction of sp³-hybridized carbons (Fsp3) is 0.829. The Kier molecular flexibility index (Phi) is 35.3. The van der Waals surface area contributed by atoms with E-state index in [1.807, 2.05) is 0 Å². The molecular formula is C41H77NO4. The van der Waals surface area contributed by atoms with E-state index in [1.165, 1.54) is 103 Å². The standard InChI is InChI=1S/C41H77NO4/c1-3-5-7-9-11-13-15-16-17-18-19-20-21-22-23-24-25-26-27-29-31-33-35-39(44)41(46)38(37-43)42-40(45)36-34-32-30-28-14-12-10-8-6-4-2/h10,12,23-24,27,29,38-39,41,43-44,46H,3-9,11,13-22,25-26,28,30-37H2,1-2H3,(H,42,45)/b12-10-,24-23+,29-27+. The molecule has 0 aromatic heterocycles. The van der Waals surface area contributed by atoms with Crippen LogP contribution >= 0.6 is 0 Å². The first kappa shape index (κ1) is 44.6. The Balaban J connectivity index is 3.71. The van der Waals surface area contributed by atoms with E-state index < -0.39 is 18.2 Å². The minimum absolute atomic E-state index is 0.175. The molecule has 46 heavy (non-hydrogen) atoms. The molecule has 0 aromatic carbocycles. The number of aliphatic hydroxyl groups is 3. The van der Waals surface area contributed by atoms with Crippen molar-refractivity contribution in [3.8, 4) is 0 Å². The van der Waals surface area contributed by atoms with Gasteiger partial charge in [-0.25, -0.2) is 0 Å². The minimum atomic E-state index is -1.17. The Hall–Kier alpha value is -1.43. The Bertz CT molecular complexity index is 719. The van der Waals surface area contributed by atoms with E-state index in [9.17, 15) is 20.1 Å². The van der Waals surface area contributed by atoms with Crippen molar-refractivity contribution in [2.45, 2.75) is 212 Å². The first-order valence-electron chi connectivity index (χ1n) is 19.8. The number of hydrogen-bond donors (Lipinski definition) is 4. The van der Waals surface area contributed by atoms with Crippen molar-refractivity contribution in [2.24, 2.45) is 0 Å². The van der Waals surface area contributed by atoms with Crippen LogP contribution < -0.4 is 5.32 Å². The van der Waals surface area contributed by atoms with Crippen molar-refractivity contribution >= 4 is 5.91 Å². The third kappa shape index (κ3) is 31.2. The molecular weight excluding hydrogens is 570 g/mol. The van der Waals surface area contributed by atoms with Crippen molar-refractivity contribution in [2.75, 3.05) is 6.61 Å². The van der Waals surface area contributed by atoms with Gasteiger partial charge in [0.25, 0.3) is 0 Å². The molecule has 0 aliphatic rings. The smallest absolute Gasteiger partial charge is 0.220 e. The van der Waals surface area contributed by atoms with Crippen LogP contribution in [0, 0.1) is 0 Å². The molecule has 0 heterocycles. The third-order valence-corrected chi connectivity index (χ3v) is 8.94. The average Bonchev–Trinajstić information content (AvgIpc) is 3.06. The highest BCUT2D eigenvalue weighted by Gasteiger charge is 2.26. The minimum Gasteiger partial charge on any atom is -0.394 e. The fourth-order valence-corrected chi connectivity index (χ4v) is 5.80. The molecule has 0 spiro atoms. The molecule has 0 aliphatic carbocycles. The molecule has 0 fully saturated rings. The second-order valence-electron chi connectivity index (χ2n) is 13.5. The maximum Gasteiger partial charge on any atom is 0.220 e. The topological polar surface area (TPSA) is 89.8 Å². The third-order valence-electron chi connectivity index (χ3n) is 8.94. The van der Waals surface area contributed by atoms with Crippen LogP contribution in [0.3, 0.4) is 0 Å². The molecule has 0 bridgehead atoms. The van der Waals surface area contributed by atoms with Gasteiger partial charge in [-0.3, -0.25) is 4.79 Å². The van der Waals surface area contributed by atoms with Gasteiger partial charge < -0.3 is 20.6 Å². The second-order valence-corrected chi connectivity index (χ2v) is 13.5. The molecule has 0 radical (unpaired) electrons. The fourth-order valence-electron chi connectivity index (χ4n) is 5.80. The van der Waals surface area contributed by atoms with Crippen LogP contribution in [0.15, 0.2) is 36.5 Å². The molecule has 4 N–H and O–H groups in total. The van der Waals surface area contributed by atoms with E-state index in [-0.39, 0.29) is 12.5 Å². The SMILES string of the molecule is CCCC/C=C\CCCCCCC(=O)NC(CO)C(O)C(O)CCC/C=C/CC/C=C/CCCCCCCCCCCCCCC. The summed E-state index contributed by atoms with van der Waals surface area (Å²) in [6, 6.07) is -0.835. The lowest BCUT2D eigenvalue weighted by Gasteiger charge is -2.26. The number of amides is 1. The number of rotatable bonds is 35.